The normalized spacial score (nSPS) is 10.7. The maximum Gasteiger partial charge on any atom is 0.217 e. The molecule has 0 aliphatic rings. The number of carbonyl (C=O) groups excluding carboxylic acids is 2. The Balaban J connectivity index is 2.86. The zero-order chi connectivity index (χ0) is 13.7. The van der Waals surface area contributed by atoms with Gasteiger partial charge in [-0.25, -0.2) is 8.78 Å². The minimum absolute atomic E-state index is 0.690. The van der Waals surface area contributed by atoms with Gasteiger partial charge >= 0.3 is 0 Å². The van der Waals surface area contributed by atoms with Gasteiger partial charge in [0.2, 0.25) is 6.29 Å². The van der Waals surface area contributed by atoms with E-state index in [2.05, 4.69) is 9.47 Å². The molecule has 0 unspecified atom stereocenters. The molecule has 98 valence electrons. The van der Waals surface area contributed by atoms with Crippen LogP contribution >= 0.6 is 0 Å². The molecule has 0 fully saturated rings. The summed E-state index contributed by atoms with van der Waals surface area (Å²) in [6, 6.07) is 3.03. The third-order valence-electron chi connectivity index (χ3n) is 2.27. The summed E-state index contributed by atoms with van der Waals surface area (Å²) in [5.41, 5.74) is -0.725. The van der Waals surface area contributed by atoms with E-state index in [1.54, 1.807) is 0 Å². The standard InChI is InChI=1S/C12H12F2O4/c1-17-12(18-2)10(16)6-9(15)11-7(13)4-3-5-8(11)14/h3-5,12H,6H2,1-2H3. The third kappa shape index (κ3) is 3.18. The van der Waals surface area contributed by atoms with Gasteiger partial charge < -0.3 is 9.47 Å². The van der Waals surface area contributed by atoms with Crippen molar-refractivity contribution in [3.05, 3.63) is 35.4 Å². The minimum Gasteiger partial charge on any atom is -0.349 e. The first-order valence-electron chi connectivity index (χ1n) is 5.06. The Kier molecular flexibility index (Phi) is 5.06. The van der Waals surface area contributed by atoms with Crippen LogP contribution in [0.3, 0.4) is 0 Å². The van der Waals surface area contributed by atoms with E-state index in [9.17, 15) is 18.4 Å². The van der Waals surface area contributed by atoms with Crippen molar-refractivity contribution in [1.82, 2.24) is 0 Å². The Morgan fingerprint density at radius 3 is 2.11 bits per heavy atom. The number of halogens is 2. The fourth-order valence-electron chi connectivity index (χ4n) is 1.45. The van der Waals surface area contributed by atoms with Crippen LogP contribution in [0.15, 0.2) is 18.2 Å². The summed E-state index contributed by atoms with van der Waals surface area (Å²) in [6.07, 6.45) is -1.91. The number of ether oxygens (including phenoxy) is 2. The average molecular weight is 258 g/mol. The Bertz CT molecular complexity index is 435. The van der Waals surface area contributed by atoms with Crippen LogP contribution < -0.4 is 0 Å². The Morgan fingerprint density at radius 1 is 1.17 bits per heavy atom. The zero-order valence-electron chi connectivity index (χ0n) is 9.91. The highest BCUT2D eigenvalue weighted by Gasteiger charge is 2.24. The van der Waals surface area contributed by atoms with Crippen LogP contribution in [0.25, 0.3) is 0 Å². The maximum atomic E-state index is 13.3. The van der Waals surface area contributed by atoms with Crippen molar-refractivity contribution < 1.29 is 27.8 Å². The van der Waals surface area contributed by atoms with E-state index >= 15 is 0 Å². The summed E-state index contributed by atoms with van der Waals surface area (Å²) in [6.45, 7) is 0. The smallest absolute Gasteiger partial charge is 0.217 e. The lowest BCUT2D eigenvalue weighted by Crippen LogP contribution is -2.27. The van der Waals surface area contributed by atoms with Crippen LogP contribution in [0.4, 0.5) is 8.78 Å². The summed E-state index contributed by atoms with van der Waals surface area (Å²) < 4.78 is 35.9. The zero-order valence-corrected chi connectivity index (χ0v) is 9.91. The van der Waals surface area contributed by atoms with Gasteiger partial charge in [0.15, 0.2) is 11.6 Å². The molecule has 0 amide bonds. The number of ketones is 2. The Hall–Kier alpha value is -1.66. The number of carbonyl (C=O) groups is 2. The Morgan fingerprint density at radius 2 is 1.67 bits per heavy atom. The van der Waals surface area contributed by atoms with Gasteiger partial charge in [0.1, 0.15) is 11.6 Å². The molecule has 0 aliphatic carbocycles. The molecule has 0 atom stereocenters. The molecule has 0 saturated carbocycles. The van der Waals surface area contributed by atoms with Crippen molar-refractivity contribution in [1.29, 1.82) is 0 Å². The second-order valence-electron chi connectivity index (χ2n) is 3.47. The van der Waals surface area contributed by atoms with Gasteiger partial charge in [0.25, 0.3) is 0 Å². The van der Waals surface area contributed by atoms with E-state index in [-0.39, 0.29) is 0 Å². The molecular weight excluding hydrogens is 246 g/mol. The van der Waals surface area contributed by atoms with Crippen molar-refractivity contribution in [3.8, 4) is 0 Å². The quantitative estimate of drug-likeness (QED) is 0.443. The lowest BCUT2D eigenvalue weighted by molar-refractivity contribution is -0.155. The number of benzene rings is 1. The van der Waals surface area contributed by atoms with Gasteiger partial charge in [-0.05, 0) is 12.1 Å². The summed E-state index contributed by atoms with van der Waals surface area (Å²) in [7, 11) is 2.44. The van der Waals surface area contributed by atoms with Crippen LogP contribution in [0.5, 0.6) is 0 Å². The molecule has 1 aromatic carbocycles. The molecule has 0 bridgehead atoms. The lowest BCUT2D eigenvalue weighted by Gasteiger charge is -2.11. The first-order chi connectivity index (χ1) is 8.51. The molecule has 0 aliphatic heterocycles. The maximum absolute atomic E-state index is 13.3. The highest BCUT2D eigenvalue weighted by Crippen LogP contribution is 2.15. The third-order valence-corrected chi connectivity index (χ3v) is 2.27. The molecule has 1 rings (SSSR count). The van der Waals surface area contributed by atoms with E-state index in [1.807, 2.05) is 0 Å². The number of hydrogen-bond donors (Lipinski definition) is 0. The molecular formula is C12H12F2O4. The second kappa shape index (κ2) is 6.32. The van der Waals surface area contributed by atoms with Gasteiger partial charge in [-0.15, -0.1) is 0 Å². The van der Waals surface area contributed by atoms with Crippen LogP contribution in [0, 0.1) is 11.6 Å². The van der Waals surface area contributed by atoms with Gasteiger partial charge in [0, 0.05) is 14.2 Å². The van der Waals surface area contributed by atoms with Crippen molar-refractivity contribution >= 4 is 11.6 Å². The molecule has 0 radical (unpaired) electrons. The molecule has 0 spiro atoms. The molecule has 0 saturated heterocycles. The second-order valence-corrected chi connectivity index (χ2v) is 3.47. The van der Waals surface area contributed by atoms with Gasteiger partial charge in [-0.2, -0.15) is 0 Å². The average Bonchev–Trinajstić information content (AvgIpc) is 2.30. The van der Waals surface area contributed by atoms with Crippen LogP contribution in [-0.4, -0.2) is 32.1 Å². The number of rotatable bonds is 6. The van der Waals surface area contributed by atoms with E-state index in [4.69, 9.17) is 0 Å². The highest BCUT2D eigenvalue weighted by atomic mass is 19.1. The predicted octanol–water partition coefficient (Wildman–Crippen LogP) is 1.73. The van der Waals surface area contributed by atoms with E-state index in [1.165, 1.54) is 14.2 Å². The van der Waals surface area contributed by atoms with Gasteiger partial charge in [-0.1, -0.05) is 6.07 Å². The summed E-state index contributed by atoms with van der Waals surface area (Å²) in [5.74, 6) is -3.65. The van der Waals surface area contributed by atoms with Crippen LogP contribution in [0.1, 0.15) is 16.8 Å². The minimum atomic E-state index is -1.22. The van der Waals surface area contributed by atoms with E-state index in [0.29, 0.717) is 0 Å². The Labute approximate surface area is 103 Å². The molecule has 0 N–H and O–H groups in total. The molecule has 1 aromatic rings. The SMILES string of the molecule is COC(OC)C(=O)CC(=O)c1c(F)cccc1F. The van der Waals surface area contributed by atoms with Crippen LogP contribution in [0.2, 0.25) is 0 Å². The monoisotopic (exact) mass is 258 g/mol. The van der Waals surface area contributed by atoms with Crippen molar-refractivity contribution in [2.75, 3.05) is 14.2 Å². The topological polar surface area (TPSA) is 52.6 Å². The predicted molar refractivity (Wildman–Crippen MR) is 58.1 cm³/mol. The number of hydrogen-bond acceptors (Lipinski definition) is 4. The highest BCUT2D eigenvalue weighted by molar-refractivity contribution is 6.09. The molecule has 18 heavy (non-hydrogen) atoms. The van der Waals surface area contributed by atoms with E-state index in [0.717, 1.165) is 18.2 Å². The fourth-order valence-corrected chi connectivity index (χ4v) is 1.45. The first-order valence-corrected chi connectivity index (χ1v) is 5.06. The number of Topliss-reactive ketones (excluding diaryl/α,β-unsaturated/α-hetero) is 2. The van der Waals surface area contributed by atoms with Crippen LogP contribution in [-0.2, 0) is 14.3 Å². The van der Waals surface area contributed by atoms with Gasteiger partial charge in [0.05, 0.1) is 12.0 Å². The van der Waals surface area contributed by atoms with Crippen molar-refractivity contribution in [2.45, 2.75) is 12.7 Å². The molecule has 0 heterocycles. The first kappa shape index (κ1) is 14.4. The van der Waals surface area contributed by atoms with Gasteiger partial charge in [-0.3, -0.25) is 9.59 Å². The summed E-state index contributed by atoms with van der Waals surface area (Å²) >= 11 is 0. The molecule has 6 heteroatoms. The van der Waals surface area contributed by atoms with Crippen molar-refractivity contribution in [3.63, 3.8) is 0 Å². The summed E-state index contributed by atoms with van der Waals surface area (Å²) in [4.78, 5) is 23.1. The molecule has 4 nitrogen and oxygen atoms in total. The lowest BCUT2D eigenvalue weighted by atomic mass is 10.0. The fraction of sp³-hybridized carbons (Fsp3) is 0.333. The molecule has 0 aromatic heterocycles. The van der Waals surface area contributed by atoms with Crippen molar-refractivity contribution in [2.24, 2.45) is 0 Å². The number of methoxy groups -OCH3 is 2. The van der Waals surface area contributed by atoms with E-state index < -0.39 is 41.5 Å². The summed E-state index contributed by atoms with van der Waals surface area (Å²) in [5, 5.41) is 0. The largest absolute Gasteiger partial charge is 0.349 e.